The number of hydrogen-bond acceptors (Lipinski definition) is 1. The van der Waals surface area contributed by atoms with Gasteiger partial charge in [0.25, 0.3) is 0 Å². The lowest BCUT2D eigenvalue weighted by Gasteiger charge is -2.39. The standard InChI is InChI=1S/C12H23N/c1-4-10(2)11(3)12(13)8-6-5-7-9-12/h5-6,10-11H,4,7-9,13H2,1-3H3. The summed E-state index contributed by atoms with van der Waals surface area (Å²) in [7, 11) is 0. The highest BCUT2D eigenvalue weighted by molar-refractivity contribution is 5.04. The summed E-state index contributed by atoms with van der Waals surface area (Å²) in [6, 6.07) is 0. The van der Waals surface area contributed by atoms with E-state index >= 15 is 0 Å². The third-order valence-corrected chi connectivity index (χ3v) is 3.85. The van der Waals surface area contributed by atoms with E-state index in [0.717, 1.165) is 25.2 Å². The topological polar surface area (TPSA) is 26.0 Å². The van der Waals surface area contributed by atoms with Crippen molar-refractivity contribution in [1.29, 1.82) is 0 Å². The molecule has 1 aliphatic carbocycles. The second kappa shape index (κ2) is 4.28. The van der Waals surface area contributed by atoms with E-state index in [0.29, 0.717) is 5.92 Å². The minimum atomic E-state index is 0.0736. The molecule has 0 heterocycles. The minimum absolute atomic E-state index is 0.0736. The van der Waals surface area contributed by atoms with Gasteiger partial charge in [-0.15, -0.1) is 0 Å². The summed E-state index contributed by atoms with van der Waals surface area (Å²) in [5.74, 6) is 1.39. The van der Waals surface area contributed by atoms with Gasteiger partial charge in [-0.1, -0.05) is 39.3 Å². The Bertz CT molecular complexity index is 186. The predicted molar refractivity (Wildman–Crippen MR) is 58.5 cm³/mol. The van der Waals surface area contributed by atoms with Gasteiger partial charge in [0.1, 0.15) is 0 Å². The molecule has 1 rings (SSSR count). The normalized spacial score (nSPS) is 32.9. The molecule has 1 aliphatic rings. The fraction of sp³-hybridized carbons (Fsp3) is 0.833. The van der Waals surface area contributed by atoms with Crippen molar-refractivity contribution in [3.8, 4) is 0 Å². The van der Waals surface area contributed by atoms with Gasteiger partial charge in [-0.05, 0) is 31.1 Å². The zero-order chi connectivity index (χ0) is 9.90. The van der Waals surface area contributed by atoms with Crippen LogP contribution >= 0.6 is 0 Å². The highest BCUT2D eigenvalue weighted by Gasteiger charge is 2.33. The van der Waals surface area contributed by atoms with Crippen LogP contribution in [0.4, 0.5) is 0 Å². The fourth-order valence-corrected chi connectivity index (χ4v) is 2.21. The molecule has 0 spiro atoms. The van der Waals surface area contributed by atoms with Crippen molar-refractivity contribution in [3.05, 3.63) is 12.2 Å². The first-order valence-corrected chi connectivity index (χ1v) is 5.54. The highest BCUT2D eigenvalue weighted by Crippen LogP contribution is 2.33. The molecule has 0 aromatic heterocycles. The van der Waals surface area contributed by atoms with E-state index in [1.807, 2.05) is 0 Å². The number of allylic oxidation sites excluding steroid dienone is 1. The van der Waals surface area contributed by atoms with E-state index < -0.39 is 0 Å². The zero-order valence-corrected chi connectivity index (χ0v) is 9.22. The Hall–Kier alpha value is -0.300. The largest absolute Gasteiger partial charge is 0.325 e. The van der Waals surface area contributed by atoms with Crippen LogP contribution in [-0.2, 0) is 0 Å². The van der Waals surface area contributed by atoms with Crippen LogP contribution in [-0.4, -0.2) is 5.54 Å². The monoisotopic (exact) mass is 181 g/mol. The van der Waals surface area contributed by atoms with Gasteiger partial charge >= 0.3 is 0 Å². The molecule has 76 valence electrons. The quantitative estimate of drug-likeness (QED) is 0.665. The fourth-order valence-electron chi connectivity index (χ4n) is 2.21. The van der Waals surface area contributed by atoms with Crippen molar-refractivity contribution >= 4 is 0 Å². The molecule has 0 aliphatic heterocycles. The molecule has 0 amide bonds. The molecular weight excluding hydrogens is 158 g/mol. The van der Waals surface area contributed by atoms with Crippen LogP contribution < -0.4 is 5.73 Å². The molecule has 0 saturated carbocycles. The Morgan fingerprint density at radius 2 is 2.08 bits per heavy atom. The van der Waals surface area contributed by atoms with E-state index in [1.54, 1.807) is 0 Å². The molecule has 0 radical (unpaired) electrons. The zero-order valence-electron chi connectivity index (χ0n) is 9.22. The van der Waals surface area contributed by atoms with Crippen molar-refractivity contribution in [2.75, 3.05) is 0 Å². The van der Waals surface area contributed by atoms with E-state index in [4.69, 9.17) is 5.73 Å². The van der Waals surface area contributed by atoms with Gasteiger partial charge in [-0.3, -0.25) is 0 Å². The van der Waals surface area contributed by atoms with Gasteiger partial charge in [0.2, 0.25) is 0 Å². The smallest absolute Gasteiger partial charge is 0.0220 e. The molecule has 0 bridgehead atoms. The van der Waals surface area contributed by atoms with Gasteiger partial charge in [0.05, 0.1) is 0 Å². The molecule has 3 unspecified atom stereocenters. The second-order valence-electron chi connectivity index (χ2n) is 4.62. The Morgan fingerprint density at radius 3 is 2.54 bits per heavy atom. The van der Waals surface area contributed by atoms with E-state index in [1.165, 1.54) is 6.42 Å². The highest BCUT2D eigenvalue weighted by atomic mass is 14.8. The van der Waals surface area contributed by atoms with Crippen molar-refractivity contribution in [2.24, 2.45) is 17.6 Å². The average molecular weight is 181 g/mol. The Balaban J connectivity index is 2.62. The van der Waals surface area contributed by atoms with Crippen molar-refractivity contribution < 1.29 is 0 Å². The first-order chi connectivity index (χ1) is 6.10. The van der Waals surface area contributed by atoms with Crippen molar-refractivity contribution in [2.45, 2.75) is 52.0 Å². The lowest BCUT2D eigenvalue weighted by atomic mass is 9.71. The summed E-state index contributed by atoms with van der Waals surface area (Å²) < 4.78 is 0. The van der Waals surface area contributed by atoms with Gasteiger partial charge in [0.15, 0.2) is 0 Å². The summed E-state index contributed by atoms with van der Waals surface area (Å²) in [4.78, 5) is 0. The molecular formula is C12H23N. The van der Waals surface area contributed by atoms with E-state index in [-0.39, 0.29) is 5.54 Å². The molecule has 3 atom stereocenters. The second-order valence-corrected chi connectivity index (χ2v) is 4.62. The Morgan fingerprint density at radius 1 is 1.38 bits per heavy atom. The van der Waals surface area contributed by atoms with Crippen LogP contribution in [0.2, 0.25) is 0 Å². The SMILES string of the molecule is CCC(C)C(C)C1(N)CC=CCC1. The summed E-state index contributed by atoms with van der Waals surface area (Å²) in [6.07, 6.45) is 9.14. The first-order valence-electron chi connectivity index (χ1n) is 5.54. The maximum atomic E-state index is 6.43. The minimum Gasteiger partial charge on any atom is -0.325 e. The third-order valence-electron chi connectivity index (χ3n) is 3.85. The van der Waals surface area contributed by atoms with Crippen molar-refractivity contribution in [3.63, 3.8) is 0 Å². The Labute approximate surface area is 82.4 Å². The summed E-state index contributed by atoms with van der Waals surface area (Å²) in [5.41, 5.74) is 6.50. The van der Waals surface area contributed by atoms with Crippen molar-refractivity contribution in [1.82, 2.24) is 0 Å². The number of nitrogens with two attached hydrogens (primary N) is 1. The van der Waals surface area contributed by atoms with E-state index in [2.05, 4.69) is 32.9 Å². The maximum absolute atomic E-state index is 6.43. The number of hydrogen-bond donors (Lipinski definition) is 1. The van der Waals surface area contributed by atoms with Gasteiger partial charge in [0, 0.05) is 5.54 Å². The van der Waals surface area contributed by atoms with Crippen LogP contribution in [0.25, 0.3) is 0 Å². The summed E-state index contributed by atoms with van der Waals surface area (Å²) in [6.45, 7) is 6.88. The molecule has 2 N–H and O–H groups in total. The molecule has 0 aromatic rings. The lowest BCUT2D eigenvalue weighted by molar-refractivity contribution is 0.195. The van der Waals surface area contributed by atoms with Crippen LogP contribution in [0.1, 0.15) is 46.5 Å². The molecule has 1 heteroatoms. The maximum Gasteiger partial charge on any atom is 0.0220 e. The predicted octanol–water partition coefficient (Wildman–Crippen LogP) is 3.11. The summed E-state index contributed by atoms with van der Waals surface area (Å²) >= 11 is 0. The van der Waals surface area contributed by atoms with Crippen LogP contribution in [0.3, 0.4) is 0 Å². The average Bonchev–Trinajstić information content (AvgIpc) is 2.16. The van der Waals surface area contributed by atoms with E-state index in [9.17, 15) is 0 Å². The molecule has 1 nitrogen and oxygen atoms in total. The molecule has 0 saturated heterocycles. The Kier molecular flexibility index (Phi) is 3.55. The van der Waals surface area contributed by atoms with Crippen LogP contribution in [0.5, 0.6) is 0 Å². The summed E-state index contributed by atoms with van der Waals surface area (Å²) in [5, 5.41) is 0. The third kappa shape index (κ3) is 2.34. The van der Waals surface area contributed by atoms with Crippen LogP contribution in [0.15, 0.2) is 12.2 Å². The molecule has 0 fully saturated rings. The van der Waals surface area contributed by atoms with Crippen LogP contribution in [0, 0.1) is 11.8 Å². The van der Waals surface area contributed by atoms with Gasteiger partial charge in [-0.2, -0.15) is 0 Å². The number of rotatable bonds is 3. The van der Waals surface area contributed by atoms with Gasteiger partial charge < -0.3 is 5.73 Å². The van der Waals surface area contributed by atoms with Gasteiger partial charge in [-0.25, -0.2) is 0 Å². The lowest BCUT2D eigenvalue weighted by Crippen LogP contribution is -2.48. The first kappa shape index (κ1) is 10.8. The molecule has 13 heavy (non-hydrogen) atoms. The molecule has 0 aromatic carbocycles.